The van der Waals surface area contributed by atoms with Crippen molar-refractivity contribution in [2.24, 2.45) is 0 Å². The van der Waals surface area contributed by atoms with Crippen molar-refractivity contribution in [1.82, 2.24) is 19.7 Å². The van der Waals surface area contributed by atoms with Crippen LogP contribution in [0.15, 0.2) is 66.5 Å². The predicted octanol–water partition coefficient (Wildman–Crippen LogP) is 4.47. The molecule has 2 heterocycles. The molecule has 0 aliphatic carbocycles. The van der Waals surface area contributed by atoms with E-state index in [9.17, 15) is 0 Å². The summed E-state index contributed by atoms with van der Waals surface area (Å²) in [5, 5.41) is 10.2. The van der Waals surface area contributed by atoms with E-state index in [2.05, 4.69) is 21.8 Å². The van der Waals surface area contributed by atoms with Gasteiger partial charge in [-0.05, 0) is 36.4 Å². The summed E-state index contributed by atoms with van der Waals surface area (Å²) in [4.78, 5) is 4.33. The molecule has 3 rings (SSSR count). The minimum atomic E-state index is 0.648. The number of hydrogen-bond donors (Lipinski definition) is 0. The summed E-state index contributed by atoms with van der Waals surface area (Å²) in [6.45, 7) is 4.47. The average Bonchev–Trinajstić information content (AvgIpc) is 2.98. The number of allylic oxidation sites excluding steroid dienone is 1. The highest BCUT2D eigenvalue weighted by Gasteiger charge is 2.13. The molecule has 0 fully saturated rings. The maximum absolute atomic E-state index is 5.95. The largest absolute Gasteiger partial charge is 0.298 e. The van der Waals surface area contributed by atoms with Crippen LogP contribution in [0.1, 0.15) is 5.69 Å². The van der Waals surface area contributed by atoms with Crippen LogP contribution in [0.2, 0.25) is 5.02 Å². The van der Waals surface area contributed by atoms with E-state index in [0.29, 0.717) is 11.6 Å². The van der Waals surface area contributed by atoms with Crippen molar-refractivity contribution in [3.63, 3.8) is 0 Å². The van der Waals surface area contributed by atoms with E-state index in [1.807, 2.05) is 53.1 Å². The van der Waals surface area contributed by atoms with Crippen molar-refractivity contribution in [1.29, 1.82) is 0 Å². The number of thioether (sulfide) groups is 1. The summed E-state index contributed by atoms with van der Waals surface area (Å²) in [5.41, 5.74) is 1.99. The van der Waals surface area contributed by atoms with Gasteiger partial charge in [0.05, 0.1) is 5.69 Å². The molecule has 4 nitrogen and oxygen atoms in total. The average molecular weight is 343 g/mol. The molecule has 0 aliphatic rings. The van der Waals surface area contributed by atoms with Crippen molar-refractivity contribution in [3.05, 3.63) is 72.0 Å². The molecule has 0 unspecified atom stereocenters. The Morgan fingerprint density at radius 2 is 1.96 bits per heavy atom. The first kappa shape index (κ1) is 15.8. The van der Waals surface area contributed by atoms with E-state index < -0.39 is 0 Å². The summed E-state index contributed by atoms with van der Waals surface area (Å²) in [7, 11) is 0. The first-order valence-corrected chi connectivity index (χ1v) is 8.47. The highest BCUT2D eigenvalue weighted by atomic mass is 35.5. The number of aromatic nitrogens is 4. The molecule has 23 heavy (non-hydrogen) atoms. The third kappa shape index (κ3) is 3.81. The van der Waals surface area contributed by atoms with Gasteiger partial charge in [0.25, 0.3) is 0 Å². The fourth-order valence-corrected chi connectivity index (χ4v) is 3.11. The smallest absolute Gasteiger partial charge is 0.192 e. The van der Waals surface area contributed by atoms with E-state index in [1.165, 1.54) is 0 Å². The molecule has 3 aromatic rings. The van der Waals surface area contributed by atoms with Crippen LogP contribution in [-0.2, 0) is 12.3 Å². The number of rotatable bonds is 6. The van der Waals surface area contributed by atoms with Crippen LogP contribution >= 0.6 is 23.4 Å². The van der Waals surface area contributed by atoms with E-state index >= 15 is 0 Å². The lowest BCUT2D eigenvalue weighted by Gasteiger charge is -2.07. The Morgan fingerprint density at radius 3 is 2.65 bits per heavy atom. The first-order chi connectivity index (χ1) is 11.3. The number of pyridine rings is 1. The molecular formula is C17H15ClN4S. The maximum Gasteiger partial charge on any atom is 0.192 e. The van der Waals surface area contributed by atoms with Crippen molar-refractivity contribution in [3.8, 4) is 11.4 Å². The van der Waals surface area contributed by atoms with Crippen molar-refractivity contribution >= 4 is 23.4 Å². The monoisotopic (exact) mass is 342 g/mol. The van der Waals surface area contributed by atoms with E-state index in [-0.39, 0.29) is 0 Å². The summed E-state index contributed by atoms with van der Waals surface area (Å²) in [5.74, 6) is 1.56. The standard InChI is InChI=1S/C17H15ClN4S/c1-2-11-22-16(13-6-8-14(18)9-7-13)20-21-17(22)23-12-15-5-3-4-10-19-15/h2-10H,1,11-12H2. The molecule has 0 N–H and O–H groups in total. The molecule has 116 valence electrons. The summed E-state index contributed by atoms with van der Waals surface area (Å²) < 4.78 is 2.05. The SMILES string of the molecule is C=CCn1c(SCc2ccccn2)nnc1-c1ccc(Cl)cc1. The molecule has 0 atom stereocenters. The van der Waals surface area contributed by atoms with Crippen LogP contribution in [0.5, 0.6) is 0 Å². The molecule has 0 aliphatic heterocycles. The fraction of sp³-hybridized carbons (Fsp3) is 0.118. The third-order valence-corrected chi connectivity index (χ3v) is 4.46. The Hall–Kier alpha value is -2.11. The topological polar surface area (TPSA) is 43.6 Å². The molecule has 0 bridgehead atoms. The quantitative estimate of drug-likeness (QED) is 0.489. The van der Waals surface area contributed by atoms with Crippen LogP contribution in [0.4, 0.5) is 0 Å². The second-order valence-corrected chi connectivity index (χ2v) is 6.20. The van der Waals surface area contributed by atoms with Crippen LogP contribution in [0.3, 0.4) is 0 Å². The molecule has 6 heteroatoms. The Balaban J connectivity index is 1.86. The maximum atomic E-state index is 5.95. The highest BCUT2D eigenvalue weighted by molar-refractivity contribution is 7.98. The molecule has 0 spiro atoms. The van der Waals surface area contributed by atoms with Crippen LogP contribution in [0.25, 0.3) is 11.4 Å². The van der Waals surface area contributed by atoms with E-state index in [4.69, 9.17) is 11.6 Å². The van der Waals surface area contributed by atoms with E-state index in [1.54, 1.807) is 18.0 Å². The first-order valence-electron chi connectivity index (χ1n) is 7.10. The van der Waals surface area contributed by atoms with Gasteiger partial charge in [-0.2, -0.15) is 0 Å². The molecule has 0 amide bonds. The number of nitrogens with zero attached hydrogens (tertiary/aromatic N) is 4. The van der Waals surface area contributed by atoms with Crippen molar-refractivity contribution < 1.29 is 0 Å². The molecule has 0 radical (unpaired) electrons. The zero-order valence-electron chi connectivity index (χ0n) is 12.4. The Morgan fingerprint density at radius 1 is 1.13 bits per heavy atom. The van der Waals surface area contributed by atoms with Gasteiger partial charge in [-0.25, -0.2) is 0 Å². The van der Waals surface area contributed by atoms with Gasteiger partial charge < -0.3 is 0 Å². The minimum absolute atomic E-state index is 0.648. The normalized spacial score (nSPS) is 10.7. The lowest BCUT2D eigenvalue weighted by molar-refractivity contribution is 0.731. The molecule has 0 saturated heterocycles. The van der Waals surface area contributed by atoms with E-state index in [0.717, 1.165) is 28.0 Å². The second-order valence-electron chi connectivity index (χ2n) is 4.82. The third-order valence-electron chi connectivity index (χ3n) is 3.21. The van der Waals surface area contributed by atoms with Crippen LogP contribution in [-0.4, -0.2) is 19.7 Å². The Bertz CT molecular complexity index is 784. The van der Waals surface area contributed by atoms with Crippen molar-refractivity contribution in [2.45, 2.75) is 17.5 Å². The Kier molecular flexibility index (Phi) is 5.10. The second kappa shape index (κ2) is 7.44. The number of benzene rings is 1. The highest BCUT2D eigenvalue weighted by Crippen LogP contribution is 2.26. The van der Waals surface area contributed by atoms with Gasteiger partial charge >= 0.3 is 0 Å². The van der Waals surface area contributed by atoms with Gasteiger partial charge in [-0.3, -0.25) is 9.55 Å². The molecule has 1 aromatic carbocycles. The summed E-state index contributed by atoms with van der Waals surface area (Å²) >= 11 is 7.56. The molecular weight excluding hydrogens is 328 g/mol. The Labute approximate surface area is 144 Å². The predicted molar refractivity (Wildman–Crippen MR) is 94.5 cm³/mol. The molecule has 2 aromatic heterocycles. The van der Waals surface area contributed by atoms with Gasteiger partial charge in [-0.1, -0.05) is 35.5 Å². The number of halogens is 1. The lowest BCUT2D eigenvalue weighted by atomic mass is 10.2. The zero-order valence-corrected chi connectivity index (χ0v) is 14.0. The number of hydrogen-bond acceptors (Lipinski definition) is 4. The van der Waals surface area contributed by atoms with Gasteiger partial charge in [0.1, 0.15) is 0 Å². The minimum Gasteiger partial charge on any atom is -0.298 e. The van der Waals surface area contributed by atoms with Gasteiger partial charge in [0, 0.05) is 29.1 Å². The van der Waals surface area contributed by atoms with Gasteiger partial charge in [-0.15, -0.1) is 16.8 Å². The van der Waals surface area contributed by atoms with Crippen LogP contribution in [0, 0.1) is 0 Å². The molecule has 0 saturated carbocycles. The van der Waals surface area contributed by atoms with Crippen molar-refractivity contribution in [2.75, 3.05) is 0 Å². The summed E-state index contributed by atoms with van der Waals surface area (Å²) in [6.07, 6.45) is 3.64. The van der Waals surface area contributed by atoms with Gasteiger partial charge in [0.15, 0.2) is 11.0 Å². The van der Waals surface area contributed by atoms with Gasteiger partial charge in [0.2, 0.25) is 0 Å². The lowest BCUT2D eigenvalue weighted by Crippen LogP contribution is -2.00. The zero-order chi connectivity index (χ0) is 16.1. The summed E-state index contributed by atoms with van der Waals surface area (Å²) in [6, 6.07) is 13.5. The fourth-order valence-electron chi connectivity index (χ4n) is 2.12. The van der Waals surface area contributed by atoms with Crippen LogP contribution < -0.4 is 0 Å².